The second-order valence-electron chi connectivity index (χ2n) is 19.1. The van der Waals surface area contributed by atoms with Crippen LogP contribution in [0.3, 0.4) is 0 Å². The molecule has 1 saturated heterocycles. The van der Waals surface area contributed by atoms with Gasteiger partial charge in [0.15, 0.2) is 23.3 Å². The number of alkyl halides is 2. The molecule has 0 unspecified atom stereocenters. The Kier molecular flexibility index (Phi) is 12.2. The largest absolute Gasteiger partial charge is 0.390 e. The van der Waals surface area contributed by atoms with Gasteiger partial charge in [-0.2, -0.15) is 0 Å². The summed E-state index contributed by atoms with van der Waals surface area (Å²) in [7, 11) is 0. The average molecular weight is 911 g/mol. The van der Waals surface area contributed by atoms with E-state index in [0.29, 0.717) is 16.8 Å². The number of carbonyl (C=O) groups excluding carboxylic acids is 6. The molecule has 2 aliphatic heterocycles. The molecule has 5 N–H and O–H groups in total. The average Bonchev–Trinajstić information content (AvgIpc) is 3.92. The van der Waals surface area contributed by atoms with E-state index in [1.54, 1.807) is 44.2 Å². The van der Waals surface area contributed by atoms with E-state index in [-0.39, 0.29) is 43.7 Å². The number of aliphatic hydroxyl groups excluding tert-OH is 2. The van der Waals surface area contributed by atoms with Crippen molar-refractivity contribution in [2.75, 3.05) is 18.5 Å². The number of benzene rings is 2. The number of hydrogen-bond donors (Lipinski definition) is 5. The van der Waals surface area contributed by atoms with Gasteiger partial charge in [-0.25, -0.2) is 8.78 Å². The van der Waals surface area contributed by atoms with Gasteiger partial charge in [-0.05, 0) is 80.4 Å². The van der Waals surface area contributed by atoms with Crippen LogP contribution in [0.2, 0.25) is 0 Å². The number of nitrogens with zero attached hydrogens (tertiary/aromatic N) is 1. The van der Waals surface area contributed by atoms with Crippen molar-refractivity contribution in [2.45, 2.75) is 114 Å². The molecular formula is C50H56F2N4O10. The van der Waals surface area contributed by atoms with Crippen molar-refractivity contribution in [3.8, 4) is 0 Å². The molecule has 0 radical (unpaired) electrons. The third kappa shape index (κ3) is 7.46. The topological polar surface area (TPSA) is 201 Å². The zero-order valence-corrected chi connectivity index (χ0v) is 37.5. The summed E-state index contributed by atoms with van der Waals surface area (Å²) in [5.41, 5.74) is -2.83. The van der Waals surface area contributed by atoms with Crippen molar-refractivity contribution in [3.05, 3.63) is 113 Å². The molecule has 14 nitrogen and oxygen atoms in total. The highest BCUT2D eigenvalue weighted by atomic mass is 19.1. The molecule has 2 heterocycles. The quantitative estimate of drug-likeness (QED) is 0.175. The fourth-order valence-electron chi connectivity index (χ4n) is 11.7. The van der Waals surface area contributed by atoms with Gasteiger partial charge in [-0.15, -0.1) is 0 Å². The van der Waals surface area contributed by atoms with Gasteiger partial charge in [0.2, 0.25) is 17.7 Å². The summed E-state index contributed by atoms with van der Waals surface area (Å²) in [6, 6.07) is 12.7. The van der Waals surface area contributed by atoms with E-state index in [2.05, 4.69) is 22.5 Å². The summed E-state index contributed by atoms with van der Waals surface area (Å²) in [6.07, 6.45) is 1.74. The van der Waals surface area contributed by atoms with Gasteiger partial charge in [0.25, 0.3) is 11.8 Å². The molecule has 0 bridgehead atoms. The monoisotopic (exact) mass is 910 g/mol. The summed E-state index contributed by atoms with van der Waals surface area (Å²) < 4.78 is 47.1. The zero-order chi connectivity index (χ0) is 47.7. The molecular weight excluding hydrogens is 855 g/mol. The lowest BCUT2D eigenvalue weighted by molar-refractivity contribution is -0.235. The lowest BCUT2D eigenvalue weighted by Crippen LogP contribution is -2.70. The number of ether oxygens (including phenoxy) is 2. The Hall–Kier alpha value is -5.68. The molecule has 66 heavy (non-hydrogen) atoms. The van der Waals surface area contributed by atoms with Crippen molar-refractivity contribution in [3.63, 3.8) is 0 Å². The molecule has 3 saturated carbocycles. The first-order chi connectivity index (χ1) is 31.2. The number of amides is 5. The minimum Gasteiger partial charge on any atom is -0.390 e. The van der Waals surface area contributed by atoms with E-state index in [9.17, 15) is 39.0 Å². The normalized spacial score (nSPS) is 34.3. The predicted molar refractivity (Wildman–Crippen MR) is 236 cm³/mol. The Morgan fingerprint density at radius 3 is 2.15 bits per heavy atom. The van der Waals surface area contributed by atoms with E-state index in [1.165, 1.54) is 13.8 Å². The van der Waals surface area contributed by atoms with Crippen molar-refractivity contribution >= 4 is 41.0 Å². The number of allylic oxidation sites excluding steroid dienone is 5. The fourth-order valence-corrected chi connectivity index (χ4v) is 11.7. The van der Waals surface area contributed by atoms with Crippen molar-refractivity contribution < 1.29 is 57.2 Å². The fraction of sp³-hybridized carbons (Fsp3) is 0.480. The standard InChI is InChI=1S/C50H56F2N4O10/c1-26-17-19-47(5)36(21-26)37(51)22-35-34-23-40-50(39(59)25-57,48(34,6)24-38(58)49(35,47)52)66-46(65-40)32-9-7-30(8-10-32)27(2)31-11-13-33(14-12-31)55-45(64)29(4)54-44(63)28(3)53-41(60)18-20-56-42(61)15-16-43(56)62/h7-17,19,21,27-29,34-35,37-38,40,46,57-58H,1,18,20,22-25H2,2-6H3,(H,53,60)(H,54,63)(H,55,64)/t27-,28-,29-,34-,35-,37-,38-,40+,46+,47-,48-,49-,50+/m0/s1. The third-order valence-electron chi connectivity index (χ3n) is 15.4. The van der Waals surface area contributed by atoms with E-state index >= 15 is 8.78 Å². The molecule has 2 aromatic rings. The zero-order valence-electron chi connectivity index (χ0n) is 37.5. The predicted octanol–water partition coefficient (Wildman–Crippen LogP) is 4.73. The number of aliphatic hydroxyl groups is 2. The summed E-state index contributed by atoms with van der Waals surface area (Å²) in [5.74, 6) is -4.97. The number of Topliss-reactive ketones (excluding diaryl/α,β-unsaturated/α-hetero) is 1. The van der Waals surface area contributed by atoms with Gasteiger partial charge in [0.1, 0.15) is 24.9 Å². The Morgan fingerprint density at radius 2 is 1.52 bits per heavy atom. The molecule has 13 atom stereocenters. The van der Waals surface area contributed by atoms with Crippen molar-refractivity contribution in [2.24, 2.45) is 22.7 Å². The van der Waals surface area contributed by atoms with Crippen molar-refractivity contribution in [1.29, 1.82) is 0 Å². The van der Waals surface area contributed by atoms with Crippen LogP contribution < -0.4 is 16.0 Å². The molecule has 4 aliphatic carbocycles. The van der Waals surface area contributed by atoms with Crippen LogP contribution in [0, 0.1) is 22.7 Å². The Balaban J connectivity index is 0.882. The highest BCUT2D eigenvalue weighted by Crippen LogP contribution is 2.72. The lowest BCUT2D eigenvalue weighted by atomic mass is 9.44. The first-order valence-corrected chi connectivity index (χ1v) is 22.4. The van der Waals surface area contributed by atoms with E-state index in [0.717, 1.165) is 28.2 Å². The first-order valence-electron chi connectivity index (χ1n) is 22.4. The summed E-state index contributed by atoms with van der Waals surface area (Å²) >= 11 is 0. The summed E-state index contributed by atoms with van der Waals surface area (Å²) in [5, 5.41) is 30.1. The minimum atomic E-state index is -2.24. The Bertz CT molecular complexity index is 2440. The SMILES string of the molecule is C=C1C=C[C@@]2(C)C(=C1)[C@@H](F)C[C@H]1[C@@H]3C[C@H]4O[C@@H](c5ccc([C@H](C)c6ccc(NC(=O)[C@H](C)NC(=O)[C@H](C)NC(=O)CCN7C(=O)C=CC7=O)cc6)cc5)O[C@@]4(C(=O)CO)[C@@]3(C)C[C@H](O)[C@@]12F. The first kappa shape index (κ1) is 46.8. The number of anilines is 1. The second-order valence-corrected chi connectivity index (χ2v) is 19.1. The van der Waals surface area contributed by atoms with Crippen LogP contribution in [0.4, 0.5) is 14.5 Å². The molecule has 2 aromatic carbocycles. The summed E-state index contributed by atoms with van der Waals surface area (Å²) in [4.78, 5) is 76.4. The smallest absolute Gasteiger partial charge is 0.253 e. The Morgan fingerprint density at radius 1 is 0.894 bits per heavy atom. The molecule has 16 heteroatoms. The highest BCUT2D eigenvalue weighted by molar-refractivity contribution is 6.13. The number of fused-ring (bicyclic) bond motifs is 7. The third-order valence-corrected chi connectivity index (χ3v) is 15.4. The van der Waals surface area contributed by atoms with Crippen LogP contribution in [-0.2, 0) is 38.2 Å². The number of halogens is 2. The second kappa shape index (κ2) is 17.2. The van der Waals surface area contributed by atoms with Gasteiger partial charge >= 0.3 is 0 Å². The number of ketones is 1. The number of imide groups is 1. The van der Waals surface area contributed by atoms with E-state index in [4.69, 9.17) is 9.47 Å². The molecule has 8 rings (SSSR count). The van der Waals surface area contributed by atoms with Gasteiger partial charge in [0, 0.05) is 59.0 Å². The van der Waals surface area contributed by atoms with Gasteiger partial charge in [-0.3, -0.25) is 33.7 Å². The van der Waals surface area contributed by atoms with Crippen LogP contribution in [0.25, 0.3) is 0 Å². The van der Waals surface area contributed by atoms with Crippen LogP contribution in [0.1, 0.15) is 89.2 Å². The highest BCUT2D eigenvalue weighted by Gasteiger charge is 2.80. The molecule has 6 aliphatic rings. The maximum atomic E-state index is 17.8. The molecule has 0 spiro atoms. The van der Waals surface area contributed by atoms with Crippen LogP contribution in [-0.4, -0.2) is 105 Å². The number of carbonyl (C=O) groups is 6. The molecule has 4 fully saturated rings. The van der Waals surface area contributed by atoms with Crippen LogP contribution >= 0.6 is 0 Å². The van der Waals surface area contributed by atoms with Gasteiger partial charge in [0.05, 0.1) is 12.2 Å². The number of rotatable bonds is 13. The van der Waals surface area contributed by atoms with Gasteiger partial charge in [-0.1, -0.05) is 75.1 Å². The molecule has 5 amide bonds. The summed E-state index contributed by atoms with van der Waals surface area (Å²) in [6.45, 7) is 11.3. The van der Waals surface area contributed by atoms with E-state index < -0.39 is 113 Å². The van der Waals surface area contributed by atoms with Gasteiger partial charge < -0.3 is 35.6 Å². The number of hydrogen-bond acceptors (Lipinski definition) is 10. The number of nitrogens with one attached hydrogen (secondary N) is 3. The van der Waals surface area contributed by atoms with E-state index in [1.807, 2.05) is 43.3 Å². The maximum absolute atomic E-state index is 17.8. The minimum absolute atomic E-state index is 0.104. The molecule has 0 aromatic heterocycles. The van der Waals surface area contributed by atoms with Crippen LogP contribution in [0.5, 0.6) is 0 Å². The molecule has 350 valence electrons. The maximum Gasteiger partial charge on any atom is 0.253 e. The Labute approximate surface area is 381 Å². The van der Waals surface area contributed by atoms with Crippen molar-refractivity contribution in [1.82, 2.24) is 15.5 Å². The lowest BCUT2D eigenvalue weighted by Gasteiger charge is -2.63. The van der Waals surface area contributed by atoms with Crippen LogP contribution in [0.15, 0.2) is 96.6 Å².